The Bertz CT molecular complexity index is 550. The van der Waals surface area contributed by atoms with Gasteiger partial charge in [0.05, 0.1) is 0 Å². The lowest BCUT2D eigenvalue weighted by Crippen LogP contribution is -2.27. The van der Waals surface area contributed by atoms with E-state index in [0.29, 0.717) is 17.7 Å². The Kier molecular flexibility index (Phi) is 5.71. The molecule has 1 aliphatic heterocycles. The number of nitrogens with one attached hydrogen (secondary N) is 1. The van der Waals surface area contributed by atoms with Crippen LogP contribution < -0.4 is 16.1 Å². The van der Waals surface area contributed by atoms with Gasteiger partial charge in [0.25, 0.3) is 6.47 Å². The highest BCUT2D eigenvalue weighted by Gasteiger charge is 2.22. The van der Waals surface area contributed by atoms with Crippen LogP contribution in [0.25, 0.3) is 0 Å². The van der Waals surface area contributed by atoms with Gasteiger partial charge < -0.3 is 20.8 Å². The van der Waals surface area contributed by atoms with Crippen molar-refractivity contribution in [1.82, 2.24) is 5.43 Å². The molecule has 0 aliphatic carbocycles. The minimum Gasteiger partial charge on any atom is -0.461 e. The molecular weight excluding hydrogens is 287 g/mol. The Morgan fingerprint density at radius 1 is 1.64 bits per heavy atom. The highest BCUT2D eigenvalue weighted by Crippen LogP contribution is 2.26. The molecule has 3 N–H and O–H groups in total. The van der Waals surface area contributed by atoms with Gasteiger partial charge in [-0.1, -0.05) is 6.07 Å². The third kappa shape index (κ3) is 3.73. The van der Waals surface area contributed by atoms with Gasteiger partial charge in [-0.2, -0.15) is 5.10 Å². The molecule has 0 amide bonds. The zero-order valence-corrected chi connectivity index (χ0v) is 12.6. The van der Waals surface area contributed by atoms with E-state index < -0.39 is 6.67 Å². The molecule has 0 bridgehead atoms. The lowest BCUT2D eigenvalue weighted by Gasteiger charge is -2.21. The molecule has 1 saturated heterocycles. The molecule has 6 nitrogen and oxygen atoms in total. The van der Waals surface area contributed by atoms with Crippen LogP contribution in [0.1, 0.15) is 17.5 Å². The fraction of sp³-hybridized carbons (Fsp3) is 0.467. The number of hydrazone groups is 1. The Morgan fingerprint density at radius 3 is 3.05 bits per heavy atom. The summed E-state index contributed by atoms with van der Waals surface area (Å²) in [5, 5.41) is 4.07. The van der Waals surface area contributed by atoms with Crippen LogP contribution in [0.15, 0.2) is 23.3 Å². The van der Waals surface area contributed by atoms with E-state index in [1.807, 2.05) is 12.1 Å². The van der Waals surface area contributed by atoms with Crippen LogP contribution in [0.4, 0.5) is 10.1 Å². The van der Waals surface area contributed by atoms with E-state index in [9.17, 15) is 9.18 Å². The summed E-state index contributed by atoms with van der Waals surface area (Å²) in [5.74, 6) is 0. The minimum absolute atomic E-state index is 0.0317. The lowest BCUT2D eigenvalue weighted by atomic mass is 10.0. The molecule has 1 aliphatic rings. The standard InChI is InChI=1S/C15H21FN4O2/c1-18-19-14(9-22-10-21)11-2-3-15(12(6-11)7-16)20-5-4-13(17)8-20/h2-3,6,10,13,18H,4-5,7-9,17H2,1H3/b19-14+. The number of benzene rings is 1. The molecule has 22 heavy (non-hydrogen) atoms. The molecule has 1 aromatic carbocycles. The van der Waals surface area contributed by atoms with Crippen LogP contribution in [0.5, 0.6) is 0 Å². The molecule has 120 valence electrons. The quantitative estimate of drug-likeness (QED) is 0.442. The second kappa shape index (κ2) is 7.74. The number of hydrogen-bond acceptors (Lipinski definition) is 6. The Labute approximate surface area is 129 Å². The van der Waals surface area contributed by atoms with Gasteiger partial charge in [0.15, 0.2) is 0 Å². The molecule has 1 heterocycles. The third-order valence-corrected chi connectivity index (χ3v) is 3.66. The Morgan fingerprint density at radius 2 is 2.45 bits per heavy atom. The first-order valence-electron chi connectivity index (χ1n) is 7.18. The fourth-order valence-electron chi connectivity index (χ4n) is 2.61. The fourth-order valence-corrected chi connectivity index (χ4v) is 2.61. The number of carbonyl (C=O) groups is 1. The zero-order chi connectivity index (χ0) is 15.9. The van der Waals surface area contributed by atoms with Gasteiger partial charge in [-0.15, -0.1) is 0 Å². The predicted molar refractivity (Wildman–Crippen MR) is 83.7 cm³/mol. The van der Waals surface area contributed by atoms with E-state index in [1.165, 1.54) is 0 Å². The highest BCUT2D eigenvalue weighted by molar-refractivity contribution is 6.02. The van der Waals surface area contributed by atoms with Crippen molar-refractivity contribution in [2.75, 3.05) is 31.6 Å². The number of carbonyl (C=O) groups excluding carboxylic acids is 1. The molecule has 0 spiro atoms. The second-order valence-electron chi connectivity index (χ2n) is 5.16. The van der Waals surface area contributed by atoms with E-state index in [1.54, 1.807) is 13.1 Å². The molecule has 7 heteroatoms. The molecule has 1 atom stereocenters. The average molecular weight is 308 g/mol. The first-order chi connectivity index (χ1) is 10.7. The van der Waals surface area contributed by atoms with Crippen LogP contribution >= 0.6 is 0 Å². The number of halogens is 1. The van der Waals surface area contributed by atoms with E-state index in [-0.39, 0.29) is 12.6 Å². The van der Waals surface area contributed by atoms with Crippen molar-refractivity contribution in [1.29, 1.82) is 0 Å². The highest BCUT2D eigenvalue weighted by atomic mass is 19.1. The predicted octanol–water partition coefficient (Wildman–Crippen LogP) is 0.790. The maximum Gasteiger partial charge on any atom is 0.293 e. The lowest BCUT2D eigenvalue weighted by molar-refractivity contribution is -0.127. The van der Waals surface area contributed by atoms with Crippen molar-refractivity contribution in [2.45, 2.75) is 19.1 Å². The zero-order valence-electron chi connectivity index (χ0n) is 12.6. The van der Waals surface area contributed by atoms with Crippen molar-refractivity contribution < 1.29 is 13.9 Å². The monoisotopic (exact) mass is 308 g/mol. The second-order valence-corrected chi connectivity index (χ2v) is 5.16. The van der Waals surface area contributed by atoms with Crippen LogP contribution in [0.3, 0.4) is 0 Å². The number of rotatable bonds is 7. The summed E-state index contributed by atoms with van der Waals surface area (Å²) < 4.78 is 18.2. The number of nitrogens with two attached hydrogens (primary N) is 1. The number of alkyl halides is 1. The number of hydrogen-bond donors (Lipinski definition) is 2. The van der Waals surface area contributed by atoms with Crippen molar-refractivity contribution in [3.8, 4) is 0 Å². The largest absolute Gasteiger partial charge is 0.461 e. The number of nitrogens with zero attached hydrogens (tertiary/aromatic N) is 2. The van der Waals surface area contributed by atoms with E-state index in [2.05, 4.69) is 15.4 Å². The molecule has 2 rings (SSSR count). The maximum absolute atomic E-state index is 13.4. The molecule has 1 aromatic rings. The number of anilines is 1. The summed E-state index contributed by atoms with van der Waals surface area (Å²) in [6.45, 7) is 1.39. The summed E-state index contributed by atoms with van der Waals surface area (Å²) in [7, 11) is 1.65. The minimum atomic E-state index is -0.573. The van der Waals surface area contributed by atoms with Crippen LogP contribution in [0.2, 0.25) is 0 Å². The van der Waals surface area contributed by atoms with E-state index in [4.69, 9.17) is 10.5 Å². The van der Waals surface area contributed by atoms with Gasteiger partial charge in [0.2, 0.25) is 0 Å². The van der Waals surface area contributed by atoms with Crippen molar-refractivity contribution in [3.63, 3.8) is 0 Å². The van der Waals surface area contributed by atoms with E-state index >= 15 is 0 Å². The maximum atomic E-state index is 13.4. The third-order valence-electron chi connectivity index (χ3n) is 3.66. The van der Waals surface area contributed by atoms with Gasteiger partial charge in [-0.05, 0) is 18.6 Å². The van der Waals surface area contributed by atoms with Crippen molar-refractivity contribution in [3.05, 3.63) is 29.3 Å². The topological polar surface area (TPSA) is 80.0 Å². The van der Waals surface area contributed by atoms with Gasteiger partial charge in [-0.3, -0.25) is 4.79 Å². The summed E-state index contributed by atoms with van der Waals surface area (Å²) in [6, 6.07) is 5.59. The summed E-state index contributed by atoms with van der Waals surface area (Å²) in [5.41, 5.74) is 11.3. The Balaban J connectivity index is 2.27. The summed E-state index contributed by atoms with van der Waals surface area (Å²) in [4.78, 5) is 12.4. The van der Waals surface area contributed by atoms with Gasteiger partial charge in [-0.25, -0.2) is 4.39 Å². The molecule has 0 radical (unpaired) electrons. The molecular formula is C15H21FN4O2. The van der Waals surface area contributed by atoms with Crippen LogP contribution in [-0.2, 0) is 16.2 Å². The van der Waals surface area contributed by atoms with Crippen molar-refractivity contribution >= 4 is 17.9 Å². The normalized spacial score (nSPS) is 18.4. The van der Waals surface area contributed by atoms with Crippen LogP contribution in [-0.4, -0.2) is 45.0 Å². The molecule has 0 saturated carbocycles. The smallest absolute Gasteiger partial charge is 0.293 e. The SMILES string of the molecule is CN/N=C(\COC=O)c1ccc(N2CCC(N)C2)c(CF)c1. The van der Waals surface area contributed by atoms with Gasteiger partial charge >= 0.3 is 0 Å². The average Bonchev–Trinajstić information content (AvgIpc) is 2.97. The number of ether oxygens (including phenoxy) is 1. The van der Waals surface area contributed by atoms with Gasteiger partial charge in [0.1, 0.15) is 19.0 Å². The van der Waals surface area contributed by atoms with Gasteiger partial charge in [0, 0.05) is 43.0 Å². The molecule has 0 aromatic heterocycles. The Hall–Kier alpha value is -2.15. The van der Waals surface area contributed by atoms with E-state index in [0.717, 1.165) is 30.8 Å². The summed E-state index contributed by atoms with van der Waals surface area (Å²) >= 11 is 0. The summed E-state index contributed by atoms with van der Waals surface area (Å²) in [6.07, 6.45) is 0.910. The first kappa shape index (κ1) is 16.2. The van der Waals surface area contributed by atoms with Crippen LogP contribution in [0, 0.1) is 0 Å². The van der Waals surface area contributed by atoms with Crippen molar-refractivity contribution in [2.24, 2.45) is 10.8 Å². The molecule has 1 fully saturated rings. The first-order valence-corrected chi connectivity index (χ1v) is 7.18. The molecule has 1 unspecified atom stereocenters.